The van der Waals surface area contributed by atoms with Crippen LogP contribution in [0.15, 0.2) is 54.6 Å². The molecule has 1 aliphatic heterocycles. The normalized spacial score (nSPS) is 16.2. The number of alkyl halides is 3. The van der Waals surface area contributed by atoms with Gasteiger partial charge in [0.15, 0.2) is 11.5 Å². The van der Waals surface area contributed by atoms with Crippen LogP contribution in [0.25, 0.3) is 0 Å². The summed E-state index contributed by atoms with van der Waals surface area (Å²) in [6.45, 7) is 1.92. The zero-order chi connectivity index (χ0) is 21.4. The van der Waals surface area contributed by atoms with Gasteiger partial charge < -0.3 is 24.4 Å². The number of nitrogens with one attached hydrogen (secondary N) is 1. The molecule has 1 aliphatic rings. The van der Waals surface area contributed by atoms with Gasteiger partial charge in [-0.15, -0.1) is 25.6 Å². The molecular formula is C21H24ClF3N2O4. The molecule has 2 aromatic carbocycles. The highest BCUT2D eigenvalue weighted by molar-refractivity contribution is 5.85. The lowest BCUT2D eigenvalue weighted by molar-refractivity contribution is -0.275. The number of carbonyl (C=O) groups excluding carboxylic acids is 1. The minimum absolute atomic E-state index is 0. The Hall–Kier alpha value is -2.65. The van der Waals surface area contributed by atoms with Crippen LogP contribution in [-0.4, -0.2) is 49.6 Å². The molecule has 0 aliphatic carbocycles. The molecule has 1 heterocycles. The number of halogens is 4. The van der Waals surface area contributed by atoms with Crippen molar-refractivity contribution in [3.63, 3.8) is 0 Å². The first-order chi connectivity index (χ1) is 14.4. The third-order valence-electron chi connectivity index (χ3n) is 4.52. The number of benzene rings is 2. The lowest BCUT2D eigenvalue weighted by atomic mass is 10.1. The molecule has 1 fully saturated rings. The monoisotopic (exact) mass is 460 g/mol. The molecule has 0 aromatic heterocycles. The SMILES string of the molecule is Cl.O=C(OCc1ccccc1)N1CCN[C@H](CCOc2ccccc2OC(F)(F)F)C1. The Balaban J connectivity index is 0.00000341. The average Bonchev–Trinajstić information content (AvgIpc) is 2.73. The lowest BCUT2D eigenvalue weighted by Crippen LogP contribution is -2.53. The van der Waals surface area contributed by atoms with E-state index in [1.165, 1.54) is 18.2 Å². The smallest absolute Gasteiger partial charge is 0.490 e. The fourth-order valence-electron chi connectivity index (χ4n) is 3.08. The molecule has 0 spiro atoms. The van der Waals surface area contributed by atoms with Crippen LogP contribution in [0.1, 0.15) is 12.0 Å². The highest BCUT2D eigenvalue weighted by Gasteiger charge is 2.32. The molecule has 0 unspecified atom stereocenters. The molecule has 170 valence electrons. The number of para-hydroxylation sites is 2. The number of ether oxygens (including phenoxy) is 3. The molecule has 10 heteroatoms. The van der Waals surface area contributed by atoms with E-state index in [0.29, 0.717) is 26.1 Å². The van der Waals surface area contributed by atoms with E-state index >= 15 is 0 Å². The van der Waals surface area contributed by atoms with Crippen LogP contribution in [0.2, 0.25) is 0 Å². The number of rotatable bonds is 7. The lowest BCUT2D eigenvalue weighted by Gasteiger charge is -2.33. The van der Waals surface area contributed by atoms with E-state index < -0.39 is 12.5 Å². The van der Waals surface area contributed by atoms with E-state index in [1.807, 2.05) is 30.3 Å². The summed E-state index contributed by atoms with van der Waals surface area (Å²) >= 11 is 0. The standard InChI is InChI=1S/C21H23F3N2O4.ClH/c22-21(23,24)30-19-9-5-4-8-18(19)28-13-10-17-14-26(12-11-25-17)20(27)29-15-16-6-2-1-3-7-16;/h1-9,17,25H,10-15H2;1H/t17-;/m1./s1. The van der Waals surface area contributed by atoms with Crippen LogP contribution >= 0.6 is 12.4 Å². The molecule has 1 saturated heterocycles. The van der Waals surface area contributed by atoms with Crippen LogP contribution in [-0.2, 0) is 11.3 Å². The molecule has 0 bridgehead atoms. The number of carbonyl (C=O) groups is 1. The van der Waals surface area contributed by atoms with Crippen molar-refractivity contribution in [2.75, 3.05) is 26.2 Å². The van der Waals surface area contributed by atoms with E-state index in [1.54, 1.807) is 11.0 Å². The number of piperazine rings is 1. The van der Waals surface area contributed by atoms with Crippen molar-refractivity contribution >= 4 is 18.5 Å². The Kier molecular flexibility index (Phi) is 9.26. The maximum absolute atomic E-state index is 12.5. The molecular weight excluding hydrogens is 437 g/mol. The van der Waals surface area contributed by atoms with Gasteiger partial charge in [0.1, 0.15) is 6.61 Å². The third-order valence-corrected chi connectivity index (χ3v) is 4.52. The van der Waals surface area contributed by atoms with Gasteiger partial charge in [-0.05, 0) is 24.1 Å². The van der Waals surface area contributed by atoms with Crippen molar-refractivity contribution in [1.29, 1.82) is 0 Å². The molecule has 31 heavy (non-hydrogen) atoms. The molecule has 0 radical (unpaired) electrons. The van der Waals surface area contributed by atoms with Gasteiger partial charge in [0, 0.05) is 25.7 Å². The van der Waals surface area contributed by atoms with E-state index in [4.69, 9.17) is 9.47 Å². The molecule has 1 amide bonds. The van der Waals surface area contributed by atoms with Crippen molar-refractivity contribution in [1.82, 2.24) is 10.2 Å². The average molecular weight is 461 g/mol. The Morgan fingerprint density at radius 3 is 2.45 bits per heavy atom. The summed E-state index contributed by atoms with van der Waals surface area (Å²) in [5.41, 5.74) is 0.908. The fraction of sp³-hybridized carbons (Fsp3) is 0.381. The summed E-state index contributed by atoms with van der Waals surface area (Å²) in [6.07, 6.45) is -4.68. The second-order valence-electron chi connectivity index (χ2n) is 6.77. The summed E-state index contributed by atoms with van der Waals surface area (Å²) in [6, 6.07) is 15.0. The Morgan fingerprint density at radius 1 is 1.06 bits per heavy atom. The van der Waals surface area contributed by atoms with Gasteiger partial charge in [-0.2, -0.15) is 0 Å². The summed E-state index contributed by atoms with van der Waals surface area (Å²) < 4.78 is 52.3. The van der Waals surface area contributed by atoms with Crippen molar-refractivity contribution in [3.8, 4) is 11.5 Å². The van der Waals surface area contributed by atoms with Crippen LogP contribution < -0.4 is 14.8 Å². The zero-order valence-corrected chi connectivity index (χ0v) is 17.5. The van der Waals surface area contributed by atoms with E-state index in [-0.39, 0.29) is 43.2 Å². The van der Waals surface area contributed by atoms with Crippen LogP contribution in [0, 0.1) is 0 Å². The van der Waals surface area contributed by atoms with Gasteiger partial charge in [-0.3, -0.25) is 0 Å². The molecule has 2 aromatic rings. The molecule has 0 saturated carbocycles. The number of amides is 1. The Labute approximate surface area is 184 Å². The first kappa shape index (κ1) is 24.6. The second-order valence-corrected chi connectivity index (χ2v) is 6.77. The Morgan fingerprint density at radius 2 is 1.74 bits per heavy atom. The first-order valence-electron chi connectivity index (χ1n) is 9.57. The van der Waals surface area contributed by atoms with Crippen molar-refractivity contribution in [3.05, 3.63) is 60.2 Å². The topological polar surface area (TPSA) is 60.0 Å². The third kappa shape index (κ3) is 8.18. The van der Waals surface area contributed by atoms with Gasteiger partial charge >= 0.3 is 12.5 Å². The van der Waals surface area contributed by atoms with E-state index in [0.717, 1.165) is 5.56 Å². The minimum Gasteiger partial charge on any atom is -0.490 e. The summed E-state index contributed by atoms with van der Waals surface area (Å²) in [4.78, 5) is 13.9. The summed E-state index contributed by atoms with van der Waals surface area (Å²) in [5.74, 6) is -0.363. The largest absolute Gasteiger partial charge is 0.573 e. The predicted octanol–water partition coefficient (Wildman–Crippen LogP) is 4.39. The van der Waals surface area contributed by atoms with Gasteiger partial charge in [0.25, 0.3) is 0 Å². The quantitative estimate of drug-likeness (QED) is 0.664. The Bertz CT molecular complexity index is 824. The van der Waals surface area contributed by atoms with Gasteiger partial charge in [-0.25, -0.2) is 4.79 Å². The number of nitrogens with zero attached hydrogens (tertiary/aromatic N) is 1. The van der Waals surface area contributed by atoms with Crippen LogP contribution in [0.3, 0.4) is 0 Å². The second kappa shape index (κ2) is 11.7. The molecule has 1 atom stereocenters. The van der Waals surface area contributed by atoms with Gasteiger partial charge in [-0.1, -0.05) is 42.5 Å². The maximum atomic E-state index is 12.5. The zero-order valence-electron chi connectivity index (χ0n) is 16.6. The number of hydrogen-bond donors (Lipinski definition) is 1. The van der Waals surface area contributed by atoms with Crippen LogP contribution in [0.5, 0.6) is 11.5 Å². The molecule has 6 nitrogen and oxygen atoms in total. The maximum Gasteiger partial charge on any atom is 0.573 e. The summed E-state index contributed by atoms with van der Waals surface area (Å²) in [5, 5.41) is 3.28. The van der Waals surface area contributed by atoms with E-state index in [9.17, 15) is 18.0 Å². The predicted molar refractivity (Wildman–Crippen MR) is 110 cm³/mol. The fourth-order valence-corrected chi connectivity index (χ4v) is 3.08. The highest BCUT2D eigenvalue weighted by Crippen LogP contribution is 2.31. The summed E-state index contributed by atoms with van der Waals surface area (Å²) in [7, 11) is 0. The first-order valence-corrected chi connectivity index (χ1v) is 9.57. The van der Waals surface area contributed by atoms with Gasteiger partial charge in [0.05, 0.1) is 6.61 Å². The minimum atomic E-state index is -4.79. The van der Waals surface area contributed by atoms with Crippen molar-refractivity contribution in [2.45, 2.75) is 25.4 Å². The van der Waals surface area contributed by atoms with Crippen molar-refractivity contribution in [2.24, 2.45) is 0 Å². The highest BCUT2D eigenvalue weighted by atomic mass is 35.5. The molecule has 3 rings (SSSR count). The van der Waals surface area contributed by atoms with E-state index in [2.05, 4.69) is 10.1 Å². The molecule has 1 N–H and O–H groups in total. The van der Waals surface area contributed by atoms with Gasteiger partial charge in [0.2, 0.25) is 0 Å². The van der Waals surface area contributed by atoms with Crippen molar-refractivity contribution < 1.29 is 32.2 Å². The van der Waals surface area contributed by atoms with Crippen LogP contribution in [0.4, 0.5) is 18.0 Å². The number of hydrogen-bond acceptors (Lipinski definition) is 5.